The summed E-state index contributed by atoms with van der Waals surface area (Å²) in [6.07, 6.45) is 1.55. The molecule has 3 aromatic rings. The maximum atomic E-state index is 12.7. The van der Waals surface area contributed by atoms with E-state index in [0.29, 0.717) is 22.7 Å². The van der Waals surface area contributed by atoms with Gasteiger partial charge in [0.05, 0.1) is 43.0 Å². The average Bonchev–Trinajstić information content (AvgIpc) is 3.04. The Hall–Kier alpha value is -2.80. The van der Waals surface area contributed by atoms with Gasteiger partial charge in [-0.1, -0.05) is 15.9 Å². The molecule has 0 saturated carbocycles. The minimum Gasteiger partial charge on any atom is -0.497 e. The van der Waals surface area contributed by atoms with Crippen LogP contribution in [0.25, 0.3) is 5.69 Å². The predicted molar refractivity (Wildman–Crippen MR) is 104 cm³/mol. The number of carbonyl (C=O) groups excluding carboxylic acids is 1. The number of nitrogens with zero attached hydrogens (tertiary/aromatic N) is 2. The number of anilines is 1. The van der Waals surface area contributed by atoms with Gasteiger partial charge in [0.2, 0.25) is 0 Å². The summed E-state index contributed by atoms with van der Waals surface area (Å²) in [5, 5.41) is 7.20. The molecule has 0 bridgehead atoms. The first-order valence-electron chi connectivity index (χ1n) is 7.87. The van der Waals surface area contributed by atoms with Crippen LogP contribution in [0.2, 0.25) is 0 Å². The van der Waals surface area contributed by atoms with Crippen LogP contribution in [0.15, 0.2) is 53.1 Å². The van der Waals surface area contributed by atoms with Gasteiger partial charge in [-0.05, 0) is 43.3 Å². The predicted octanol–water partition coefficient (Wildman–Crippen LogP) is 4.21. The number of rotatable bonds is 5. The van der Waals surface area contributed by atoms with Gasteiger partial charge in [0, 0.05) is 10.5 Å². The fourth-order valence-corrected chi connectivity index (χ4v) is 2.84. The zero-order chi connectivity index (χ0) is 18.7. The minimum atomic E-state index is -0.266. The first-order chi connectivity index (χ1) is 12.5. The summed E-state index contributed by atoms with van der Waals surface area (Å²) in [7, 11) is 3.12. The van der Waals surface area contributed by atoms with Gasteiger partial charge in [-0.25, -0.2) is 4.68 Å². The summed E-state index contributed by atoms with van der Waals surface area (Å²) in [4.78, 5) is 12.7. The molecule has 3 rings (SSSR count). The molecule has 0 aliphatic heterocycles. The van der Waals surface area contributed by atoms with Crippen LogP contribution in [0.4, 0.5) is 5.69 Å². The molecule has 26 heavy (non-hydrogen) atoms. The van der Waals surface area contributed by atoms with E-state index in [1.807, 2.05) is 31.2 Å². The number of aromatic nitrogens is 2. The Kier molecular flexibility index (Phi) is 5.27. The molecular weight excluding hydrogens is 398 g/mol. The van der Waals surface area contributed by atoms with Crippen LogP contribution in [-0.4, -0.2) is 29.9 Å². The Bertz CT molecular complexity index is 936. The van der Waals surface area contributed by atoms with Crippen LogP contribution in [0.5, 0.6) is 11.5 Å². The summed E-state index contributed by atoms with van der Waals surface area (Å²) in [5.74, 6) is 0.915. The maximum absolute atomic E-state index is 12.7. The molecule has 7 heteroatoms. The first-order valence-corrected chi connectivity index (χ1v) is 8.66. The Balaban J connectivity index is 1.89. The van der Waals surface area contributed by atoms with Gasteiger partial charge in [0.1, 0.15) is 11.5 Å². The molecule has 0 aliphatic rings. The van der Waals surface area contributed by atoms with Crippen molar-refractivity contribution in [3.05, 3.63) is 64.4 Å². The average molecular weight is 416 g/mol. The lowest BCUT2D eigenvalue weighted by Crippen LogP contribution is -2.14. The van der Waals surface area contributed by atoms with Crippen LogP contribution in [0, 0.1) is 6.92 Å². The van der Waals surface area contributed by atoms with Gasteiger partial charge >= 0.3 is 0 Å². The van der Waals surface area contributed by atoms with E-state index in [1.54, 1.807) is 43.3 Å². The molecule has 0 unspecified atom stereocenters. The number of hydrogen-bond acceptors (Lipinski definition) is 4. The molecule has 2 aromatic carbocycles. The summed E-state index contributed by atoms with van der Waals surface area (Å²) < 4.78 is 13.2. The van der Waals surface area contributed by atoms with Gasteiger partial charge in [-0.2, -0.15) is 5.10 Å². The second-order valence-electron chi connectivity index (χ2n) is 5.55. The largest absolute Gasteiger partial charge is 0.497 e. The molecule has 0 spiro atoms. The fraction of sp³-hybridized carbons (Fsp3) is 0.158. The molecule has 1 heterocycles. The lowest BCUT2D eigenvalue weighted by Gasteiger charge is -2.12. The third-order valence-corrected chi connectivity index (χ3v) is 4.51. The second-order valence-corrected chi connectivity index (χ2v) is 6.47. The van der Waals surface area contributed by atoms with Crippen LogP contribution < -0.4 is 14.8 Å². The lowest BCUT2D eigenvalue weighted by molar-refractivity contribution is 0.102. The highest BCUT2D eigenvalue weighted by molar-refractivity contribution is 9.10. The van der Waals surface area contributed by atoms with Gasteiger partial charge in [0.25, 0.3) is 5.91 Å². The number of ether oxygens (including phenoxy) is 2. The summed E-state index contributed by atoms with van der Waals surface area (Å²) in [6.45, 7) is 1.85. The molecule has 0 radical (unpaired) electrons. The third kappa shape index (κ3) is 3.57. The molecule has 0 aliphatic carbocycles. The van der Waals surface area contributed by atoms with Gasteiger partial charge in [0.15, 0.2) is 0 Å². The standard InChI is InChI=1S/C19H18BrN3O3/c1-12-16(11-21-23(12)14-6-4-13(20)5-7-14)19(24)22-17-10-15(25-2)8-9-18(17)26-3/h4-11H,1-3H3,(H,22,24). The van der Waals surface area contributed by atoms with Crippen molar-refractivity contribution in [2.45, 2.75) is 6.92 Å². The molecular formula is C19H18BrN3O3. The monoisotopic (exact) mass is 415 g/mol. The third-order valence-electron chi connectivity index (χ3n) is 3.98. The maximum Gasteiger partial charge on any atom is 0.259 e. The van der Waals surface area contributed by atoms with E-state index in [2.05, 4.69) is 26.3 Å². The Labute approximate surface area is 159 Å². The van der Waals surface area contributed by atoms with Gasteiger partial charge in [-0.15, -0.1) is 0 Å². The lowest BCUT2D eigenvalue weighted by atomic mass is 10.2. The van der Waals surface area contributed by atoms with Crippen molar-refractivity contribution < 1.29 is 14.3 Å². The number of carbonyl (C=O) groups is 1. The number of halogens is 1. The summed E-state index contributed by atoms with van der Waals surface area (Å²) >= 11 is 3.41. The second kappa shape index (κ2) is 7.61. The number of methoxy groups -OCH3 is 2. The SMILES string of the molecule is COc1ccc(OC)c(NC(=O)c2cnn(-c3ccc(Br)cc3)c2C)c1. The van der Waals surface area contributed by atoms with Crippen molar-refractivity contribution >= 4 is 27.5 Å². The number of amides is 1. The van der Waals surface area contributed by atoms with E-state index in [9.17, 15) is 4.79 Å². The van der Waals surface area contributed by atoms with Crippen LogP contribution in [0.1, 0.15) is 16.1 Å². The van der Waals surface area contributed by atoms with Crippen molar-refractivity contribution in [2.24, 2.45) is 0 Å². The van der Waals surface area contributed by atoms with Crippen LogP contribution >= 0.6 is 15.9 Å². The highest BCUT2D eigenvalue weighted by Gasteiger charge is 2.17. The highest BCUT2D eigenvalue weighted by atomic mass is 79.9. The molecule has 6 nitrogen and oxygen atoms in total. The van der Waals surface area contributed by atoms with E-state index >= 15 is 0 Å². The zero-order valence-corrected chi connectivity index (χ0v) is 16.2. The quantitative estimate of drug-likeness (QED) is 0.677. The van der Waals surface area contributed by atoms with Gasteiger partial charge in [-0.3, -0.25) is 4.79 Å². The Morgan fingerprint density at radius 2 is 1.85 bits per heavy atom. The van der Waals surface area contributed by atoms with E-state index in [-0.39, 0.29) is 5.91 Å². The summed E-state index contributed by atoms with van der Waals surface area (Å²) in [5.41, 5.74) is 2.64. The van der Waals surface area contributed by atoms with Gasteiger partial charge < -0.3 is 14.8 Å². The highest BCUT2D eigenvalue weighted by Crippen LogP contribution is 2.29. The van der Waals surface area contributed by atoms with E-state index in [4.69, 9.17) is 9.47 Å². The molecule has 1 aromatic heterocycles. The number of nitrogens with one attached hydrogen (secondary N) is 1. The van der Waals surface area contributed by atoms with Crippen molar-refractivity contribution in [1.29, 1.82) is 0 Å². The summed E-state index contributed by atoms with van der Waals surface area (Å²) in [6, 6.07) is 12.9. The minimum absolute atomic E-state index is 0.266. The van der Waals surface area contributed by atoms with E-state index in [1.165, 1.54) is 0 Å². The normalized spacial score (nSPS) is 10.5. The van der Waals surface area contributed by atoms with Crippen molar-refractivity contribution in [2.75, 3.05) is 19.5 Å². The number of benzene rings is 2. The Morgan fingerprint density at radius 1 is 1.12 bits per heavy atom. The molecule has 0 atom stereocenters. The zero-order valence-electron chi connectivity index (χ0n) is 14.6. The number of hydrogen-bond donors (Lipinski definition) is 1. The molecule has 1 amide bonds. The fourth-order valence-electron chi connectivity index (χ4n) is 2.58. The molecule has 0 saturated heterocycles. The van der Waals surface area contributed by atoms with Crippen molar-refractivity contribution in [1.82, 2.24) is 9.78 Å². The molecule has 1 N–H and O–H groups in total. The first kappa shape index (κ1) is 18.0. The van der Waals surface area contributed by atoms with Crippen LogP contribution in [0.3, 0.4) is 0 Å². The molecule has 0 fully saturated rings. The smallest absolute Gasteiger partial charge is 0.259 e. The van der Waals surface area contributed by atoms with Crippen molar-refractivity contribution in [3.8, 4) is 17.2 Å². The topological polar surface area (TPSA) is 65.4 Å². The van der Waals surface area contributed by atoms with E-state index in [0.717, 1.165) is 15.9 Å². The van der Waals surface area contributed by atoms with Crippen LogP contribution in [-0.2, 0) is 0 Å². The van der Waals surface area contributed by atoms with Crippen molar-refractivity contribution in [3.63, 3.8) is 0 Å². The Morgan fingerprint density at radius 3 is 2.50 bits per heavy atom. The van der Waals surface area contributed by atoms with E-state index < -0.39 is 0 Å². The molecule has 134 valence electrons.